The molecule has 1 aliphatic rings. The molecule has 0 aromatic heterocycles. The zero-order valence-electron chi connectivity index (χ0n) is 45.0. The Bertz CT molecular complexity index is 3130. The van der Waals surface area contributed by atoms with Gasteiger partial charge in [0.2, 0.25) is 0 Å². The van der Waals surface area contributed by atoms with Gasteiger partial charge in [-0.15, -0.1) is 0 Å². The van der Waals surface area contributed by atoms with E-state index in [4.69, 9.17) is 23.7 Å². The highest BCUT2D eigenvalue weighted by atomic mass is 16.5. The lowest BCUT2D eigenvalue weighted by Crippen LogP contribution is -1.99. The maximum absolute atomic E-state index is 10.9. The number of fused-ring (bicyclic) bond motifs is 8. The van der Waals surface area contributed by atoms with Crippen LogP contribution in [0.2, 0.25) is 0 Å². The highest BCUT2D eigenvalue weighted by molar-refractivity contribution is 5.96. The van der Waals surface area contributed by atoms with Crippen LogP contribution in [0.3, 0.4) is 0 Å². The third kappa shape index (κ3) is 18.3. The number of ether oxygens (including phenoxy) is 5. The van der Waals surface area contributed by atoms with Crippen LogP contribution < -0.4 is 18.9 Å². The van der Waals surface area contributed by atoms with Crippen molar-refractivity contribution in [1.82, 2.24) is 0 Å². The van der Waals surface area contributed by atoms with Gasteiger partial charge in [0.05, 0.1) is 91.2 Å². The number of hydrogen-bond donors (Lipinski definition) is 0. The first-order valence-corrected chi connectivity index (χ1v) is 26.5. The minimum absolute atomic E-state index is 0.291. The molecular weight excluding hydrogens is 943 g/mol. The first-order valence-electron chi connectivity index (χ1n) is 26.5. The smallest absolute Gasteiger partial charge is 0.120 e. The first kappa shape index (κ1) is 58.1. The van der Waals surface area contributed by atoms with E-state index >= 15 is 0 Å². The molecule has 0 N–H and O–H groups in total. The Morgan fingerprint density at radius 2 is 0.724 bits per heavy atom. The van der Waals surface area contributed by atoms with E-state index in [1.165, 1.54) is 0 Å². The van der Waals surface area contributed by atoms with Crippen molar-refractivity contribution in [2.45, 2.75) is 106 Å². The van der Waals surface area contributed by atoms with Crippen molar-refractivity contribution in [3.05, 3.63) is 165 Å². The predicted molar refractivity (Wildman–Crippen MR) is 307 cm³/mol. The van der Waals surface area contributed by atoms with Gasteiger partial charge >= 0.3 is 0 Å². The molecule has 0 saturated carbocycles. The molecule has 8 bridgehead atoms. The molecule has 4 aromatic rings. The van der Waals surface area contributed by atoms with Crippen LogP contribution in [-0.4, -0.2) is 33.0 Å². The molecular formula is C66H69N5O5. The molecule has 10 nitrogen and oxygen atoms in total. The van der Waals surface area contributed by atoms with Crippen LogP contribution in [-0.2, 0) is 4.74 Å². The van der Waals surface area contributed by atoms with Crippen LogP contribution in [0.1, 0.15) is 150 Å². The van der Waals surface area contributed by atoms with Crippen LogP contribution >= 0.6 is 0 Å². The Kier molecular flexibility index (Phi) is 24.3. The van der Waals surface area contributed by atoms with E-state index in [1.807, 2.05) is 91.9 Å². The van der Waals surface area contributed by atoms with Gasteiger partial charge in [0, 0.05) is 0 Å². The number of hydrogen-bond acceptors (Lipinski definition) is 10. The average molecular weight is 1010 g/mol. The Hall–Kier alpha value is -8.75. The van der Waals surface area contributed by atoms with Crippen molar-refractivity contribution in [3.63, 3.8) is 0 Å². The first-order chi connectivity index (χ1) is 37.1. The molecule has 1 aliphatic carbocycles. The summed E-state index contributed by atoms with van der Waals surface area (Å²) in [6.45, 7) is 14.6. The molecule has 388 valence electrons. The highest BCUT2D eigenvalue weighted by Crippen LogP contribution is 2.34. The number of rotatable bonds is 21. The zero-order chi connectivity index (χ0) is 54.5. The zero-order valence-corrected chi connectivity index (χ0v) is 45.0. The number of benzene rings is 4. The van der Waals surface area contributed by atoms with Gasteiger partial charge in [0.25, 0.3) is 0 Å². The summed E-state index contributed by atoms with van der Waals surface area (Å²) >= 11 is 0. The fourth-order valence-electron chi connectivity index (χ4n) is 7.83. The van der Waals surface area contributed by atoms with Crippen LogP contribution in [0, 0.1) is 56.7 Å². The number of nitriles is 5. The summed E-state index contributed by atoms with van der Waals surface area (Å²) < 4.78 is 31.2. The van der Waals surface area contributed by atoms with Gasteiger partial charge in [0.15, 0.2) is 0 Å². The Morgan fingerprint density at radius 1 is 0.395 bits per heavy atom. The van der Waals surface area contributed by atoms with Gasteiger partial charge in [-0.05, 0) is 211 Å². The minimum Gasteiger partial charge on any atom is -0.494 e. The second-order valence-electron chi connectivity index (χ2n) is 18.2. The van der Waals surface area contributed by atoms with Crippen LogP contribution in [0.25, 0.3) is 46.6 Å². The van der Waals surface area contributed by atoms with E-state index in [0.717, 1.165) is 64.2 Å². The molecule has 0 aliphatic heterocycles. The average Bonchev–Trinajstić information content (AvgIpc) is 3.43. The summed E-state index contributed by atoms with van der Waals surface area (Å²) in [6, 6.07) is 34.0. The van der Waals surface area contributed by atoms with Crippen molar-refractivity contribution in [1.29, 1.82) is 26.3 Å². The second kappa shape index (κ2) is 31.8. The Labute approximate surface area is 451 Å². The van der Waals surface area contributed by atoms with E-state index in [0.29, 0.717) is 140 Å². The molecule has 76 heavy (non-hydrogen) atoms. The number of allylic oxidation sites excluding steroid dienone is 11. The Balaban J connectivity index is 1.91. The molecule has 10 heteroatoms. The topological polar surface area (TPSA) is 165 Å². The summed E-state index contributed by atoms with van der Waals surface area (Å²) in [5, 5.41) is 54.2. The largest absolute Gasteiger partial charge is 0.494 e. The maximum atomic E-state index is 10.9. The quantitative estimate of drug-likeness (QED) is 0.0579. The summed E-state index contributed by atoms with van der Waals surface area (Å²) in [5.41, 5.74) is 6.80. The molecule has 0 spiro atoms. The third-order valence-electron chi connectivity index (χ3n) is 12.0. The molecule has 0 saturated heterocycles. The van der Waals surface area contributed by atoms with Gasteiger partial charge in [-0.25, -0.2) is 0 Å². The normalized spacial score (nSPS) is 17.1. The molecule has 0 amide bonds. The molecule has 0 unspecified atom stereocenters. The lowest BCUT2D eigenvalue weighted by Gasteiger charge is -2.13. The number of unbranched alkanes of at least 4 members (excludes halogenated alkanes) is 5. The molecule has 5 rings (SSSR count). The molecule has 0 heterocycles. The third-order valence-corrected chi connectivity index (χ3v) is 12.0. The van der Waals surface area contributed by atoms with Gasteiger partial charge in [-0.2, -0.15) is 26.3 Å². The van der Waals surface area contributed by atoms with E-state index in [2.05, 4.69) is 65.0 Å². The summed E-state index contributed by atoms with van der Waals surface area (Å²) in [4.78, 5) is 0. The fraction of sp³-hybridized carbons (Fsp3) is 0.318. The van der Waals surface area contributed by atoms with E-state index in [-0.39, 0.29) is 0 Å². The van der Waals surface area contributed by atoms with Crippen molar-refractivity contribution < 1.29 is 23.7 Å². The van der Waals surface area contributed by atoms with E-state index in [9.17, 15) is 26.3 Å². The van der Waals surface area contributed by atoms with Crippen molar-refractivity contribution in [2.75, 3.05) is 33.0 Å². The molecule has 0 fully saturated rings. The van der Waals surface area contributed by atoms with E-state index in [1.54, 1.807) is 42.5 Å². The van der Waals surface area contributed by atoms with E-state index < -0.39 is 0 Å². The summed E-state index contributed by atoms with van der Waals surface area (Å²) in [6.07, 6.45) is 24.6. The molecule has 0 atom stereocenters. The standard InChI is InChI=1S/C66H69N5O5/c1-7-13-20-72-62(12-6)34-48-18-19-49(43-67)25-50-27-54(39-63(35-50)73-21-14-8-2)59(45-69)31-52-29-56(41-65(37-52)75-23-16-10-4)61(47-71)33-53-30-57(42-66(38-53)76-24-17-11-5)60(46-70)32-51-28-55(58(26-48)44-68)40-64(36-51)74-22-15-9-3/h12,18-19,25-42H,7-11,13-17,20-24H2,1-6H3/b19-18+,48-34+,49-25-,58-26+,59-31+,60-32+,61-33+,62-12+. The maximum Gasteiger partial charge on any atom is 0.120 e. The summed E-state index contributed by atoms with van der Waals surface area (Å²) in [7, 11) is 0. The number of nitrogens with zero attached hydrogens (tertiary/aromatic N) is 5. The Morgan fingerprint density at radius 3 is 1.04 bits per heavy atom. The van der Waals surface area contributed by atoms with Crippen LogP contribution in [0.4, 0.5) is 0 Å². The van der Waals surface area contributed by atoms with Gasteiger partial charge in [-0.3, -0.25) is 0 Å². The van der Waals surface area contributed by atoms with Gasteiger partial charge in [0.1, 0.15) is 28.8 Å². The monoisotopic (exact) mass is 1010 g/mol. The van der Waals surface area contributed by atoms with Crippen molar-refractivity contribution in [2.24, 2.45) is 0 Å². The lowest BCUT2D eigenvalue weighted by atomic mass is 9.96. The highest BCUT2D eigenvalue weighted by Gasteiger charge is 2.15. The van der Waals surface area contributed by atoms with Crippen LogP contribution in [0.15, 0.2) is 120 Å². The van der Waals surface area contributed by atoms with Crippen LogP contribution in [0.5, 0.6) is 23.0 Å². The SMILES string of the molecule is C\C=C(/C=C1/C=C(\C#N)c2cc(cc(OCCCC)c2)/C=C(\C#N)c2cc(cc(OCCCC)c2)/C=C(\C#N)c2cc(cc(OCCCC)c2)/C=C(\C#N)c2cc(cc(OCCCC)c2)/C=C(C#N)/C=C/1)OCCCC. The molecule has 0 radical (unpaired) electrons. The van der Waals surface area contributed by atoms with Gasteiger partial charge < -0.3 is 23.7 Å². The predicted octanol–water partition coefficient (Wildman–Crippen LogP) is 16.6. The lowest BCUT2D eigenvalue weighted by molar-refractivity contribution is 0.219. The van der Waals surface area contributed by atoms with Gasteiger partial charge in [-0.1, -0.05) is 72.8 Å². The second-order valence-corrected chi connectivity index (χ2v) is 18.2. The minimum atomic E-state index is 0.291. The fourth-order valence-corrected chi connectivity index (χ4v) is 7.83. The van der Waals surface area contributed by atoms with Crippen molar-refractivity contribution >= 4 is 46.6 Å². The molecule has 4 aromatic carbocycles. The summed E-state index contributed by atoms with van der Waals surface area (Å²) in [5.74, 6) is 2.70. The van der Waals surface area contributed by atoms with Crippen molar-refractivity contribution in [3.8, 4) is 53.3 Å².